The molecule has 0 saturated carbocycles. The van der Waals surface area contributed by atoms with E-state index in [1.807, 2.05) is 12.1 Å². The molecule has 0 aromatic heterocycles. The van der Waals surface area contributed by atoms with Gasteiger partial charge in [0.1, 0.15) is 17.2 Å². The van der Waals surface area contributed by atoms with E-state index in [-0.39, 0.29) is 11.7 Å². The number of hydrazine groups is 1. The van der Waals surface area contributed by atoms with Crippen molar-refractivity contribution in [1.82, 2.24) is 16.2 Å². The second-order valence-corrected chi connectivity index (χ2v) is 5.97. The van der Waals surface area contributed by atoms with Gasteiger partial charge in [-0.15, -0.1) is 0 Å². The summed E-state index contributed by atoms with van der Waals surface area (Å²) < 4.78 is 15.4. The first-order valence-corrected chi connectivity index (χ1v) is 8.90. The molecule has 0 radical (unpaired) electrons. The second kappa shape index (κ2) is 11.3. The molecule has 8 nitrogen and oxygen atoms in total. The monoisotopic (exact) mass is 415 g/mol. The summed E-state index contributed by atoms with van der Waals surface area (Å²) in [6.07, 6.45) is 2.95. The number of rotatable bonds is 7. The summed E-state index contributed by atoms with van der Waals surface area (Å²) in [6.45, 7) is -0.229. The molecule has 0 saturated heterocycles. The highest BCUT2D eigenvalue weighted by atomic mass is 32.1. The van der Waals surface area contributed by atoms with Crippen LogP contribution in [0.15, 0.2) is 54.6 Å². The second-order valence-electron chi connectivity index (χ2n) is 5.56. The van der Waals surface area contributed by atoms with Crippen LogP contribution in [0.3, 0.4) is 0 Å². The zero-order valence-electron chi connectivity index (χ0n) is 15.9. The van der Waals surface area contributed by atoms with E-state index in [0.717, 1.165) is 11.3 Å². The van der Waals surface area contributed by atoms with E-state index in [4.69, 9.17) is 26.4 Å². The Morgan fingerprint density at radius 2 is 1.45 bits per heavy atom. The standard InChI is InChI=1S/C20H21N3O5S/c1-26-15-6-3-14(4-7-15)5-12-18(24)21-20(29)23-22-19(25)13-28-17-10-8-16(27-2)9-11-17/h3-12H,13H2,1-2H3,(H,22,25)(H2,21,23,24,29). The van der Waals surface area contributed by atoms with Gasteiger partial charge in [-0.05, 0) is 60.3 Å². The Bertz CT molecular complexity index is 867. The van der Waals surface area contributed by atoms with Crippen molar-refractivity contribution in [2.24, 2.45) is 0 Å². The number of nitrogens with one attached hydrogen (secondary N) is 3. The topological polar surface area (TPSA) is 97.9 Å². The Morgan fingerprint density at radius 3 is 2.03 bits per heavy atom. The van der Waals surface area contributed by atoms with Gasteiger partial charge in [-0.1, -0.05) is 12.1 Å². The minimum atomic E-state index is -0.466. The molecular formula is C20H21N3O5S. The molecule has 0 aliphatic carbocycles. The van der Waals surface area contributed by atoms with Crippen LogP contribution in [-0.2, 0) is 9.59 Å². The molecule has 0 heterocycles. The average molecular weight is 415 g/mol. The van der Waals surface area contributed by atoms with Gasteiger partial charge >= 0.3 is 0 Å². The molecule has 2 aromatic rings. The van der Waals surface area contributed by atoms with Crippen molar-refractivity contribution in [3.05, 3.63) is 60.2 Å². The average Bonchev–Trinajstić information content (AvgIpc) is 2.75. The number of carbonyl (C=O) groups excluding carboxylic acids is 2. The van der Waals surface area contributed by atoms with Gasteiger partial charge in [-0.2, -0.15) is 0 Å². The van der Waals surface area contributed by atoms with Crippen LogP contribution in [0.5, 0.6) is 17.2 Å². The Labute approximate surface area is 173 Å². The molecule has 2 amide bonds. The van der Waals surface area contributed by atoms with E-state index < -0.39 is 11.8 Å². The zero-order valence-corrected chi connectivity index (χ0v) is 16.7. The normalized spacial score (nSPS) is 10.1. The van der Waals surface area contributed by atoms with Crippen LogP contribution in [0.4, 0.5) is 0 Å². The molecule has 9 heteroatoms. The summed E-state index contributed by atoms with van der Waals surface area (Å²) in [5.41, 5.74) is 5.59. The third kappa shape index (κ3) is 7.89. The van der Waals surface area contributed by atoms with Crippen LogP contribution in [0, 0.1) is 0 Å². The van der Waals surface area contributed by atoms with E-state index in [1.165, 1.54) is 6.08 Å². The molecule has 3 N–H and O–H groups in total. The molecule has 152 valence electrons. The zero-order chi connectivity index (χ0) is 21.1. The Morgan fingerprint density at radius 1 is 0.897 bits per heavy atom. The molecule has 0 aliphatic heterocycles. The molecular weight excluding hydrogens is 394 g/mol. The molecule has 0 fully saturated rings. The molecule has 2 rings (SSSR count). The third-order valence-corrected chi connectivity index (χ3v) is 3.73. The fourth-order valence-electron chi connectivity index (χ4n) is 2.06. The minimum absolute atomic E-state index is 0.0489. The van der Waals surface area contributed by atoms with Crippen LogP contribution in [-0.4, -0.2) is 37.8 Å². The highest BCUT2D eigenvalue weighted by Crippen LogP contribution is 2.16. The number of thiocarbonyl (C=S) groups is 1. The maximum absolute atomic E-state index is 11.9. The molecule has 0 unspecified atom stereocenters. The highest BCUT2D eigenvalue weighted by Gasteiger charge is 2.05. The summed E-state index contributed by atoms with van der Waals surface area (Å²) in [5.74, 6) is 1.02. The van der Waals surface area contributed by atoms with Crippen molar-refractivity contribution in [3.63, 3.8) is 0 Å². The lowest BCUT2D eigenvalue weighted by Gasteiger charge is -2.10. The highest BCUT2D eigenvalue weighted by molar-refractivity contribution is 7.80. The Hall–Kier alpha value is -3.59. The van der Waals surface area contributed by atoms with Gasteiger partial charge in [0.15, 0.2) is 11.7 Å². The SMILES string of the molecule is COc1ccc(C=CC(=O)NC(=S)NNC(=O)COc2ccc(OC)cc2)cc1. The van der Waals surface area contributed by atoms with Gasteiger partial charge in [0.2, 0.25) is 5.91 Å². The van der Waals surface area contributed by atoms with Crippen molar-refractivity contribution in [3.8, 4) is 17.2 Å². The van der Waals surface area contributed by atoms with Gasteiger partial charge in [0.05, 0.1) is 14.2 Å². The van der Waals surface area contributed by atoms with E-state index in [2.05, 4.69) is 16.2 Å². The van der Waals surface area contributed by atoms with Crippen LogP contribution in [0.2, 0.25) is 0 Å². The molecule has 0 aliphatic rings. The summed E-state index contributed by atoms with van der Waals surface area (Å²) in [4.78, 5) is 23.6. The van der Waals surface area contributed by atoms with Gasteiger partial charge in [0, 0.05) is 6.08 Å². The number of hydrogen-bond acceptors (Lipinski definition) is 6. The lowest BCUT2D eigenvalue weighted by atomic mass is 10.2. The Balaban J connectivity index is 1.68. The van der Waals surface area contributed by atoms with E-state index in [0.29, 0.717) is 11.5 Å². The van der Waals surface area contributed by atoms with Crippen LogP contribution < -0.4 is 30.4 Å². The van der Waals surface area contributed by atoms with Crippen LogP contribution in [0.25, 0.3) is 6.08 Å². The molecule has 0 spiro atoms. The molecule has 2 aromatic carbocycles. The minimum Gasteiger partial charge on any atom is -0.497 e. The van der Waals surface area contributed by atoms with Crippen molar-refractivity contribution in [2.75, 3.05) is 20.8 Å². The first kappa shape index (κ1) is 21.7. The van der Waals surface area contributed by atoms with Crippen molar-refractivity contribution in [1.29, 1.82) is 0 Å². The van der Waals surface area contributed by atoms with Crippen molar-refractivity contribution in [2.45, 2.75) is 0 Å². The fraction of sp³-hybridized carbons (Fsp3) is 0.150. The number of methoxy groups -OCH3 is 2. The largest absolute Gasteiger partial charge is 0.497 e. The van der Waals surface area contributed by atoms with E-state index in [9.17, 15) is 9.59 Å². The van der Waals surface area contributed by atoms with Crippen LogP contribution in [0.1, 0.15) is 5.56 Å². The first-order valence-electron chi connectivity index (χ1n) is 8.49. The summed E-state index contributed by atoms with van der Waals surface area (Å²) >= 11 is 4.95. The summed E-state index contributed by atoms with van der Waals surface area (Å²) in [6, 6.07) is 14.0. The number of carbonyl (C=O) groups is 2. The predicted molar refractivity (Wildman–Crippen MR) is 113 cm³/mol. The summed E-state index contributed by atoms with van der Waals surface area (Å²) in [7, 11) is 3.14. The van der Waals surface area contributed by atoms with Gasteiger partial charge in [0.25, 0.3) is 5.91 Å². The van der Waals surface area contributed by atoms with Gasteiger partial charge in [-0.3, -0.25) is 25.8 Å². The molecule has 0 atom stereocenters. The predicted octanol–water partition coefficient (Wildman–Crippen LogP) is 1.82. The Kier molecular flexibility index (Phi) is 8.46. The van der Waals surface area contributed by atoms with Gasteiger partial charge in [-0.25, -0.2) is 0 Å². The van der Waals surface area contributed by atoms with Crippen molar-refractivity contribution >= 4 is 35.2 Å². The van der Waals surface area contributed by atoms with Gasteiger partial charge < -0.3 is 14.2 Å². The number of hydrogen-bond donors (Lipinski definition) is 3. The maximum atomic E-state index is 11.9. The van der Waals surface area contributed by atoms with Crippen LogP contribution >= 0.6 is 12.2 Å². The first-order chi connectivity index (χ1) is 14.0. The van der Waals surface area contributed by atoms with E-state index in [1.54, 1.807) is 56.7 Å². The third-order valence-electron chi connectivity index (χ3n) is 3.52. The smallest absolute Gasteiger partial charge is 0.276 e. The van der Waals surface area contributed by atoms with E-state index >= 15 is 0 Å². The number of amides is 2. The van der Waals surface area contributed by atoms with Crippen molar-refractivity contribution < 1.29 is 23.8 Å². The summed E-state index contributed by atoms with van der Waals surface area (Å²) in [5, 5.41) is 2.37. The fourth-order valence-corrected chi connectivity index (χ4v) is 2.21. The number of ether oxygens (including phenoxy) is 3. The molecule has 29 heavy (non-hydrogen) atoms. The lowest BCUT2D eigenvalue weighted by Crippen LogP contribution is -2.49. The quantitative estimate of drug-likeness (QED) is 0.360. The lowest BCUT2D eigenvalue weighted by molar-refractivity contribution is -0.123. The molecule has 0 bridgehead atoms. The number of benzene rings is 2. The maximum Gasteiger partial charge on any atom is 0.276 e.